The summed E-state index contributed by atoms with van der Waals surface area (Å²) in [4.78, 5) is 0. The van der Waals surface area contributed by atoms with Crippen LogP contribution in [0, 0.1) is 0 Å². The molecule has 0 heterocycles. The summed E-state index contributed by atoms with van der Waals surface area (Å²) in [6.45, 7) is 12.6. The molecule has 1 heteroatoms. The maximum absolute atomic E-state index is 6.03. The smallest absolute Gasteiger partial charge is 0.119 e. The van der Waals surface area contributed by atoms with Crippen molar-refractivity contribution in [1.82, 2.24) is 0 Å². The lowest BCUT2D eigenvalue weighted by atomic mass is 9.79. The van der Waals surface area contributed by atoms with Crippen LogP contribution in [0.5, 0.6) is 5.75 Å². The van der Waals surface area contributed by atoms with Crippen molar-refractivity contribution in [2.75, 3.05) is 6.61 Å². The number of unbranched alkanes of at least 4 members (excludes halogenated alkanes) is 3. The van der Waals surface area contributed by atoms with E-state index in [2.05, 4.69) is 211 Å². The highest BCUT2D eigenvalue weighted by atomic mass is 16.5. The first kappa shape index (κ1) is 39.2. The van der Waals surface area contributed by atoms with Crippen molar-refractivity contribution in [3.63, 3.8) is 0 Å². The van der Waals surface area contributed by atoms with Gasteiger partial charge in [0.2, 0.25) is 0 Å². The van der Waals surface area contributed by atoms with Gasteiger partial charge in [0.05, 0.1) is 6.61 Å². The molecule has 0 saturated heterocycles. The fourth-order valence-electron chi connectivity index (χ4n) is 11.0. The number of hydrogen-bond donors (Lipinski definition) is 0. The van der Waals surface area contributed by atoms with Crippen molar-refractivity contribution in [2.24, 2.45) is 0 Å². The number of fused-ring (bicyclic) bond motifs is 8. The molecule has 0 aromatic heterocycles. The van der Waals surface area contributed by atoms with E-state index >= 15 is 0 Å². The van der Waals surface area contributed by atoms with Crippen LogP contribution in [-0.2, 0) is 10.8 Å². The van der Waals surface area contributed by atoms with Gasteiger partial charge in [-0.15, -0.1) is 0 Å². The van der Waals surface area contributed by atoms with Crippen LogP contribution in [0.4, 0.5) is 0 Å². The zero-order valence-electron chi connectivity index (χ0n) is 37.2. The molecule has 1 nitrogen and oxygen atoms in total. The number of hydrogen-bond acceptors (Lipinski definition) is 1. The Morgan fingerprint density at radius 3 is 1.29 bits per heavy atom. The molecular weight excluding hydrogens is 761 g/mol. The molecule has 0 fully saturated rings. The Hall–Kier alpha value is -6.70. The molecule has 0 amide bonds. The normalized spacial score (nSPS) is 14.0. The molecule has 0 aliphatic heterocycles. The highest BCUT2D eigenvalue weighted by Crippen LogP contribution is 2.53. The van der Waals surface area contributed by atoms with Crippen molar-refractivity contribution in [1.29, 1.82) is 0 Å². The van der Waals surface area contributed by atoms with Crippen molar-refractivity contribution >= 4 is 21.5 Å². The lowest BCUT2D eigenvalue weighted by Crippen LogP contribution is -2.15. The summed E-state index contributed by atoms with van der Waals surface area (Å²) < 4.78 is 6.03. The van der Waals surface area contributed by atoms with Gasteiger partial charge in [0, 0.05) is 10.8 Å². The molecule has 0 spiro atoms. The molecule has 308 valence electrons. The highest BCUT2D eigenvalue weighted by molar-refractivity contribution is 6.21. The van der Waals surface area contributed by atoms with E-state index in [9.17, 15) is 0 Å². The lowest BCUT2D eigenvalue weighted by molar-refractivity contribution is 0.305. The standard InChI is InChI=1S/C62H54O/c1-6-7-8-15-36-63-46-31-26-41(27-32-46)40-22-24-42(25-23-40)59-51-17-9-11-19-53(51)60(54-20-12-10-18-52(54)59)45-30-35-50-49-34-29-44(38-57(49)62(4,5)58(50)39-45)43-28-33-48-47-16-13-14-21-55(47)61(2,3)56(48)37-43/h9-14,16-35,37-39H,6-8,15,36H2,1-5H3. The maximum atomic E-state index is 6.03. The molecule has 9 aromatic carbocycles. The first-order chi connectivity index (χ1) is 30.7. The summed E-state index contributed by atoms with van der Waals surface area (Å²) in [5.74, 6) is 0.942. The van der Waals surface area contributed by atoms with Crippen LogP contribution in [0.3, 0.4) is 0 Å². The molecule has 63 heavy (non-hydrogen) atoms. The molecular formula is C62H54O. The van der Waals surface area contributed by atoms with Crippen molar-refractivity contribution < 1.29 is 4.74 Å². The summed E-state index contributed by atoms with van der Waals surface area (Å²) in [6, 6.07) is 66.2. The summed E-state index contributed by atoms with van der Waals surface area (Å²) >= 11 is 0. The third-order valence-electron chi connectivity index (χ3n) is 14.4. The van der Waals surface area contributed by atoms with Gasteiger partial charge in [-0.3, -0.25) is 0 Å². The van der Waals surface area contributed by atoms with Crippen LogP contribution >= 0.6 is 0 Å². The Bertz CT molecular complexity index is 3160. The minimum Gasteiger partial charge on any atom is -0.494 e. The van der Waals surface area contributed by atoms with Crippen LogP contribution in [0.2, 0.25) is 0 Å². The van der Waals surface area contributed by atoms with E-state index in [0.717, 1.165) is 18.8 Å². The molecule has 0 radical (unpaired) electrons. The number of ether oxygens (including phenoxy) is 1. The molecule has 0 unspecified atom stereocenters. The molecule has 0 saturated carbocycles. The quantitative estimate of drug-likeness (QED) is 0.0987. The first-order valence-electron chi connectivity index (χ1n) is 23.0. The van der Waals surface area contributed by atoms with Gasteiger partial charge in [-0.1, -0.05) is 199 Å². The van der Waals surface area contributed by atoms with E-state index < -0.39 is 0 Å². The van der Waals surface area contributed by atoms with E-state index in [1.807, 2.05) is 0 Å². The Labute approximate surface area is 373 Å². The fraction of sp³-hybridized carbons (Fsp3) is 0.194. The van der Waals surface area contributed by atoms with Crippen molar-refractivity contribution in [2.45, 2.75) is 71.1 Å². The van der Waals surface area contributed by atoms with Crippen LogP contribution in [0.1, 0.15) is 82.6 Å². The van der Waals surface area contributed by atoms with E-state index in [1.54, 1.807) is 0 Å². The van der Waals surface area contributed by atoms with E-state index in [4.69, 9.17) is 4.74 Å². The molecule has 0 N–H and O–H groups in total. The second-order valence-corrected chi connectivity index (χ2v) is 18.9. The number of benzene rings is 9. The zero-order valence-corrected chi connectivity index (χ0v) is 37.2. The predicted molar refractivity (Wildman–Crippen MR) is 268 cm³/mol. The van der Waals surface area contributed by atoms with Crippen LogP contribution in [0.25, 0.3) is 88.3 Å². The van der Waals surface area contributed by atoms with Gasteiger partial charge in [-0.2, -0.15) is 0 Å². The second-order valence-electron chi connectivity index (χ2n) is 18.9. The topological polar surface area (TPSA) is 9.23 Å². The minimum absolute atomic E-state index is 0.0295. The van der Waals surface area contributed by atoms with Gasteiger partial charge < -0.3 is 4.74 Å². The van der Waals surface area contributed by atoms with Crippen molar-refractivity contribution in [3.05, 3.63) is 198 Å². The van der Waals surface area contributed by atoms with Gasteiger partial charge in [-0.25, -0.2) is 0 Å². The predicted octanol–water partition coefficient (Wildman–Crippen LogP) is 17.2. The van der Waals surface area contributed by atoms with Gasteiger partial charge in [-0.05, 0) is 147 Å². The maximum Gasteiger partial charge on any atom is 0.119 e. The molecule has 0 atom stereocenters. The third-order valence-corrected chi connectivity index (χ3v) is 14.4. The molecule has 2 aliphatic carbocycles. The zero-order chi connectivity index (χ0) is 42.9. The van der Waals surface area contributed by atoms with E-state index in [0.29, 0.717) is 0 Å². The molecule has 9 aromatic rings. The SMILES string of the molecule is CCCCCCOc1ccc(-c2ccc(-c3c4ccccc4c(-c4ccc5c(c4)C(C)(C)c4cc(-c6ccc7c(c6)C(C)(C)c6ccccc6-7)ccc4-5)c4ccccc34)cc2)cc1. The fourth-order valence-corrected chi connectivity index (χ4v) is 11.0. The summed E-state index contributed by atoms with van der Waals surface area (Å²) in [5.41, 5.74) is 20.8. The molecule has 0 bridgehead atoms. The van der Waals surface area contributed by atoms with Gasteiger partial charge in [0.15, 0.2) is 0 Å². The second kappa shape index (κ2) is 15.3. The average molecular weight is 815 g/mol. The minimum atomic E-state index is -0.169. The average Bonchev–Trinajstić information content (AvgIpc) is 3.69. The van der Waals surface area contributed by atoms with Gasteiger partial charge >= 0.3 is 0 Å². The Kier molecular flexibility index (Phi) is 9.50. The summed E-state index contributed by atoms with van der Waals surface area (Å²) in [7, 11) is 0. The summed E-state index contributed by atoms with van der Waals surface area (Å²) in [5, 5.41) is 5.09. The lowest BCUT2D eigenvalue weighted by Gasteiger charge is -2.24. The third kappa shape index (κ3) is 6.43. The van der Waals surface area contributed by atoms with E-state index in [-0.39, 0.29) is 10.8 Å². The van der Waals surface area contributed by atoms with Gasteiger partial charge in [0.25, 0.3) is 0 Å². The molecule has 11 rings (SSSR count). The largest absolute Gasteiger partial charge is 0.494 e. The monoisotopic (exact) mass is 814 g/mol. The highest BCUT2D eigenvalue weighted by Gasteiger charge is 2.38. The Morgan fingerprint density at radius 1 is 0.349 bits per heavy atom. The Morgan fingerprint density at radius 2 is 0.746 bits per heavy atom. The van der Waals surface area contributed by atoms with Gasteiger partial charge in [0.1, 0.15) is 5.75 Å². The molecule has 2 aliphatic rings. The van der Waals surface area contributed by atoms with Crippen LogP contribution in [-0.4, -0.2) is 6.61 Å². The first-order valence-corrected chi connectivity index (χ1v) is 23.0. The summed E-state index contributed by atoms with van der Waals surface area (Å²) in [6.07, 6.45) is 4.84. The van der Waals surface area contributed by atoms with E-state index in [1.165, 1.54) is 130 Å². The van der Waals surface area contributed by atoms with Crippen LogP contribution in [0.15, 0.2) is 176 Å². The van der Waals surface area contributed by atoms with Crippen LogP contribution < -0.4 is 4.74 Å². The number of rotatable bonds is 10. The Balaban J connectivity index is 0.937. The van der Waals surface area contributed by atoms with Crippen molar-refractivity contribution in [3.8, 4) is 72.5 Å².